The number of rotatable bonds is 2. The minimum absolute atomic E-state index is 0.148. The topological polar surface area (TPSA) is 55.6 Å². The molecule has 2 N–H and O–H groups in total. The molecule has 1 unspecified atom stereocenters. The van der Waals surface area contributed by atoms with Gasteiger partial charge in [0.15, 0.2) is 0 Å². The number of fused-ring (bicyclic) bond motifs is 2. The Morgan fingerprint density at radius 1 is 1.28 bits per heavy atom. The molecule has 2 aliphatic rings. The van der Waals surface area contributed by atoms with E-state index < -0.39 is 5.60 Å². The van der Waals surface area contributed by atoms with Crippen LogP contribution in [0, 0.1) is 17.8 Å². The maximum absolute atomic E-state index is 12.1. The highest BCUT2D eigenvalue weighted by Gasteiger charge is 2.43. The van der Waals surface area contributed by atoms with Crippen LogP contribution in [0.2, 0.25) is 0 Å². The van der Waals surface area contributed by atoms with E-state index in [1.54, 1.807) is 0 Å². The number of piperidine rings is 1. The summed E-state index contributed by atoms with van der Waals surface area (Å²) in [6.45, 7) is 8.23. The monoisotopic (exact) mass is 254 g/mol. The van der Waals surface area contributed by atoms with Crippen LogP contribution in [-0.4, -0.2) is 36.2 Å². The molecule has 104 valence electrons. The van der Waals surface area contributed by atoms with Crippen LogP contribution in [0.25, 0.3) is 0 Å². The van der Waals surface area contributed by atoms with Gasteiger partial charge >= 0.3 is 6.09 Å². The highest BCUT2D eigenvalue weighted by Crippen LogP contribution is 2.43. The van der Waals surface area contributed by atoms with Gasteiger partial charge in [-0.25, -0.2) is 4.79 Å². The van der Waals surface area contributed by atoms with Crippen molar-refractivity contribution in [3.05, 3.63) is 0 Å². The first-order valence-electron chi connectivity index (χ1n) is 7.08. The normalized spacial score (nSPS) is 31.6. The summed E-state index contributed by atoms with van der Waals surface area (Å²) in [6, 6.07) is 0. The van der Waals surface area contributed by atoms with Crippen molar-refractivity contribution in [2.45, 2.75) is 45.6 Å². The van der Waals surface area contributed by atoms with E-state index in [1.165, 1.54) is 12.8 Å². The van der Waals surface area contributed by atoms with Crippen LogP contribution in [0.5, 0.6) is 0 Å². The Balaban J connectivity index is 1.94. The summed E-state index contributed by atoms with van der Waals surface area (Å²) in [4.78, 5) is 14.0. The molecule has 2 rings (SSSR count). The predicted octanol–water partition coefficient (Wildman–Crippen LogP) is 2.23. The fourth-order valence-corrected chi connectivity index (χ4v) is 3.47. The first kappa shape index (κ1) is 13.7. The van der Waals surface area contributed by atoms with Gasteiger partial charge in [-0.1, -0.05) is 0 Å². The summed E-state index contributed by atoms with van der Waals surface area (Å²) in [5.41, 5.74) is 5.29. The van der Waals surface area contributed by atoms with Gasteiger partial charge in [-0.15, -0.1) is 0 Å². The summed E-state index contributed by atoms with van der Waals surface area (Å²) in [5.74, 6) is 2.01. The molecule has 0 aromatic heterocycles. The molecule has 0 aromatic rings. The number of nitrogens with two attached hydrogens (primary N) is 1. The molecule has 4 heteroatoms. The molecule has 3 atom stereocenters. The second kappa shape index (κ2) is 5.08. The molecular formula is C14H26N2O2. The summed E-state index contributed by atoms with van der Waals surface area (Å²) in [5, 5.41) is 0. The van der Waals surface area contributed by atoms with Gasteiger partial charge in [0, 0.05) is 13.1 Å². The Labute approximate surface area is 110 Å². The second-order valence-corrected chi connectivity index (χ2v) is 6.72. The predicted molar refractivity (Wildman–Crippen MR) is 71.2 cm³/mol. The van der Waals surface area contributed by atoms with E-state index in [0.29, 0.717) is 11.8 Å². The second-order valence-electron chi connectivity index (χ2n) is 6.72. The van der Waals surface area contributed by atoms with Crippen LogP contribution >= 0.6 is 0 Å². The summed E-state index contributed by atoms with van der Waals surface area (Å²) in [6.07, 6.45) is 3.45. The average Bonchev–Trinajstić information content (AvgIpc) is 2.49. The minimum Gasteiger partial charge on any atom is -0.444 e. The van der Waals surface area contributed by atoms with Crippen LogP contribution < -0.4 is 5.73 Å². The zero-order chi connectivity index (χ0) is 13.3. The lowest BCUT2D eigenvalue weighted by atomic mass is 9.83. The van der Waals surface area contributed by atoms with Crippen molar-refractivity contribution in [3.63, 3.8) is 0 Å². The molecule has 1 heterocycles. The van der Waals surface area contributed by atoms with Crippen molar-refractivity contribution >= 4 is 6.09 Å². The highest BCUT2D eigenvalue weighted by molar-refractivity contribution is 5.68. The van der Waals surface area contributed by atoms with E-state index in [1.807, 2.05) is 25.7 Å². The van der Waals surface area contributed by atoms with Crippen molar-refractivity contribution < 1.29 is 9.53 Å². The number of carbonyl (C=O) groups excluding carboxylic acids is 1. The first-order valence-corrected chi connectivity index (χ1v) is 7.08. The molecule has 0 radical (unpaired) electrons. The van der Waals surface area contributed by atoms with E-state index in [4.69, 9.17) is 10.5 Å². The fourth-order valence-electron chi connectivity index (χ4n) is 3.47. The number of hydrogen-bond donors (Lipinski definition) is 1. The Bertz CT molecular complexity index is 297. The SMILES string of the molecule is CC(C)(C)OC(=O)N1C[C@H]2CC[C@@H](C1)C2CCN. The van der Waals surface area contributed by atoms with Gasteiger partial charge < -0.3 is 15.4 Å². The maximum atomic E-state index is 12.1. The number of carbonyl (C=O) groups is 1. The number of nitrogens with zero attached hydrogens (tertiary/aromatic N) is 1. The van der Waals surface area contributed by atoms with Gasteiger partial charge in [0.25, 0.3) is 0 Å². The Morgan fingerprint density at radius 2 is 1.83 bits per heavy atom. The van der Waals surface area contributed by atoms with Crippen molar-refractivity contribution in [1.82, 2.24) is 4.90 Å². The van der Waals surface area contributed by atoms with E-state index in [2.05, 4.69) is 0 Å². The van der Waals surface area contributed by atoms with Gasteiger partial charge in [0.2, 0.25) is 0 Å². The number of hydrogen-bond acceptors (Lipinski definition) is 3. The zero-order valence-corrected chi connectivity index (χ0v) is 11.8. The summed E-state index contributed by atoms with van der Waals surface area (Å²) in [7, 11) is 0. The molecule has 18 heavy (non-hydrogen) atoms. The van der Waals surface area contributed by atoms with Gasteiger partial charge in [-0.05, 0) is 64.3 Å². The molecule has 0 aromatic carbocycles. The lowest BCUT2D eigenvalue weighted by Crippen LogP contribution is -2.47. The Morgan fingerprint density at radius 3 is 2.28 bits per heavy atom. The van der Waals surface area contributed by atoms with Crippen LogP contribution in [0.3, 0.4) is 0 Å². The maximum Gasteiger partial charge on any atom is 0.410 e. The molecule has 1 amide bonds. The molecule has 0 spiro atoms. The molecule has 2 fully saturated rings. The molecule has 1 saturated carbocycles. The van der Waals surface area contributed by atoms with E-state index >= 15 is 0 Å². The third-order valence-electron chi connectivity index (χ3n) is 4.18. The largest absolute Gasteiger partial charge is 0.444 e. The quantitative estimate of drug-likeness (QED) is 0.822. The van der Waals surface area contributed by atoms with Crippen molar-refractivity contribution in [3.8, 4) is 0 Å². The molecule has 2 bridgehead atoms. The highest BCUT2D eigenvalue weighted by atomic mass is 16.6. The average molecular weight is 254 g/mol. The molecule has 1 aliphatic carbocycles. The van der Waals surface area contributed by atoms with Crippen LogP contribution in [-0.2, 0) is 4.74 Å². The summed E-state index contributed by atoms with van der Waals surface area (Å²) >= 11 is 0. The van der Waals surface area contributed by atoms with Gasteiger partial charge in [-0.2, -0.15) is 0 Å². The zero-order valence-electron chi connectivity index (χ0n) is 11.8. The van der Waals surface area contributed by atoms with Crippen LogP contribution in [0.4, 0.5) is 4.79 Å². The number of amides is 1. The third-order valence-corrected chi connectivity index (χ3v) is 4.18. The van der Waals surface area contributed by atoms with Crippen molar-refractivity contribution in [2.24, 2.45) is 23.5 Å². The third kappa shape index (κ3) is 2.97. The van der Waals surface area contributed by atoms with E-state index in [9.17, 15) is 4.79 Å². The van der Waals surface area contributed by atoms with Crippen molar-refractivity contribution in [1.29, 1.82) is 0 Å². The molecule has 1 aliphatic heterocycles. The van der Waals surface area contributed by atoms with E-state index in [-0.39, 0.29) is 6.09 Å². The van der Waals surface area contributed by atoms with Gasteiger partial charge in [0.05, 0.1) is 0 Å². The van der Waals surface area contributed by atoms with Crippen LogP contribution in [0.1, 0.15) is 40.0 Å². The number of likely N-dealkylation sites (tertiary alicyclic amines) is 1. The smallest absolute Gasteiger partial charge is 0.410 e. The minimum atomic E-state index is -0.399. The molecule has 1 saturated heterocycles. The van der Waals surface area contributed by atoms with Gasteiger partial charge in [0.1, 0.15) is 5.60 Å². The van der Waals surface area contributed by atoms with E-state index in [0.717, 1.165) is 32.0 Å². The number of ether oxygens (including phenoxy) is 1. The lowest BCUT2D eigenvalue weighted by Gasteiger charge is -2.38. The summed E-state index contributed by atoms with van der Waals surface area (Å²) < 4.78 is 5.46. The standard InChI is InChI=1S/C14H26N2O2/c1-14(2,3)18-13(17)16-8-10-4-5-11(9-16)12(10)6-7-15/h10-12H,4-9,15H2,1-3H3/t10-,11+,12?. The lowest BCUT2D eigenvalue weighted by molar-refractivity contribution is 0.00749. The van der Waals surface area contributed by atoms with Crippen molar-refractivity contribution in [2.75, 3.05) is 19.6 Å². The Kier molecular flexibility index (Phi) is 3.85. The Hall–Kier alpha value is -0.770. The van der Waals surface area contributed by atoms with Crippen LogP contribution in [0.15, 0.2) is 0 Å². The first-order chi connectivity index (χ1) is 8.40. The van der Waals surface area contributed by atoms with Gasteiger partial charge in [-0.3, -0.25) is 0 Å². The fraction of sp³-hybridized carbons (Fsp3) is 0.929. The molecule has 4 nitrogen and oxygen atoms in total. The molecular weight excluding hydrogens is 228 g/mol.